The number of hydrogen-bond acceptors (Lipinski definition) is 6. The second-order valence-electron chi connectivity index (χ2n) is 4.32. The van der Waals surface area contributed by atoms with Crippen LogP contribution >= 0.6 is 0 Å². The Morgan fingerprint density at radius 2 is 1.52 bits per heavy atom. The number of carboxylic acids is 2. The Hall–Kier alpha value is -2.00. The van der Waals surface area contributed by atoms with E-state index < -0.39 is 11.9 Å². The molecule has 0 spiro atoms. The summed E-state index contributed by atoms with van der Waals surface area (Å²) in [6, 6.07) is 6.11. The fraction of sp³-hybridized carbons (Fsp3) is 0.467. The number of aliphatic hydroxyl groups is 1. The van der Waals surface area contributed by atoms with Crippen molar-refractivity contribution in [1.82, 2.24) is 0 Å². The Labute approximate surface area is 134 Å². The molecule has 0 radical (unpaired) electrons. The summed E-state index contributed by atoms with van der Waals surface area (Å²) in [4.78, 5) is 20.3. The monoisotopic (exact) mass is 329 g/mol. The zero-order chi connectivity index (χ0) is 17.5. The molecule has 0 amide bonds. The number of nitrogens with two attached hydrogens (primary N) is 1. The Morgan fingerprint density at radius 3 is 1.96 bits per heavy atom. The third-order valence-corrected chi connectivity index (χ3v) is 2.48. The Bertz CT molecular complexity index is 448. The topological polar surface area (TPSA) is 139 Å². The van der Waals surface area contributed by atoms with Crippen LogP contribution in [0.5, 0.6) is 0 Å². The van der Waals surface area contributed by atoms with Gasteiger partial charge in [0.2, 0.25) is 0 Å². The van der Waals surface area contributed by atoms with Gasteiger partial charge in [-0.15, -0.1) is 0 Å². The molecular weight excluding hydrogens is 306 g/mol. The van der Waals surface area contributed by atoms with Crippen molar-refractivity contribution in [2.24, 2.45) is 5.73 Å². The van der Waals surface area contributed by atoms with Gasteiger partial charge in [0, 0.05) is 6.54 Å². The van der Waals surface area contributed by atoms with Gasteiger partial charge in [0.25, 0.3) is 0 Å². The van der Waals surface area contributed by atoms with Crippen molar-refractivity contribution in [1.29, 1.82) is 0 Å². The molecule has 0 unspecified atom stereocenters. The van der Waals surface area contributed by atoms with Gasteiger partial charge in [-0.05, 0) is 17.7 Å². The third-order valence-electron chi connectivity index (χ3n) is 2.48. The number of aliphatic hydroxyl groups excluding tert-OH is 1. The van der Waals surface area contributed by atoms with E-state index in [0.29, 0.717) is 26.4 Å². The predicted octanol–water partition coefficient (Wildman–Crippen LogP) is 0.330. The molecule has 1 aromatic carbocycles. The van der Waals surface area contributed by atoms with Crippen LogP contribution in [0.3, 0.4) is 0 Å². The van der Waals surface area contributed by atoms with Gasteiger partial charge in [-0.1, -0.05) is 12.1 Å². The summed E-state index contributed by atoms with van der Waals surface area (Å²) in [5.41, 5.74) is 6.12. The summed E-state index contributed by atoms with van der Waals surface area (Å²) in [5, 5.41) is 25.3. The average molecular weight is 329 g/mol. The molecular formula is C15H23NO7. The molecule has 0 aromatic heterocycles. The van der Waals surface area contributed by atoms with E-state index in [1.54, 1.807) is 12.1 Å². The van der Waals surface area contributed by atoms with Gasteiger partial charge in [0.05, 0.1) is 45.0 Å². The van der Waals surface area contributed by atoms with E-state index in [4.69, 9.17) is 30.5 Å². The number of carbonyl (C=O) groups is 2. The second-order valence-corrected chi connectivity index (χ2v) is 4.32. The number of carboxylic acid groups (broad SMARTS) is 2. The van der Waals surface area contributed by atoms with Crippen LogP contribution in [0.25, 0.3) is 0 Å². The van der Waals surface area contributed by atoms with Crippen molar-refractivity contribution in [3.8, 4) is 0 Å². The van der Waals surface area contributed by atoms with Crippen molar-refractivity contribution < 1.29 is 34.4 Å². The highest BCUT2D eigenvalue weighted by Crippen LogP contribution is 2.03. The number of hydrogen-bond donors (Lipinski definition) is 4. The third kappa shape index (κ3) is 12.2. The zero-order valence-electron chi connectivity index (χ0n) is 12.8. The molecule has 0 fully saturated rings. The van der Waals surface area contributed by atoms with Gasteiger partial charge in [-0.25, -0.2) is 4.79 Å². The maximum Gasteiger partial charge on any atom is 0.335 e. The van der Waals surface area contributed by atoms with Crippen molar-refractivity contribution in [2.75, 3.05) is 33.0 Å². The molecule has 0 bridgehead atoms. The number of rotatable bonds is 10. The molecule has 0 aliphatic carbocycles. The molecule has 8 nitrogen and oxygen atoms in total. The van der Waals surface area contributed by atoms with E-state index in [-0.39, 0.29) is 25.2 Å². The molecule has 0 aliphatic rings. The first-order valence-corrected chi connectivity index (χ1v) is 7.01. The fourth-order valence-electron chi connectivity index (χ4n) is 1.32. The largest absolute Gasteiger partial charge is 0.481 e. The summed E-state index contributed by atoms with van der Waals surface area (Å²) in [5.74, 6) is -1.80. The number of benzene rings is 1. The summed E-state index contributed by atoms with van der Waals surface area (Å²) in [6.07, 6.45) is 0.0386. The number of aromatic carboxylic acids is 1. The Balaban J connectivity index is 0.000000422. The minimum Gasteiger partial charge on any atom is -0.481 e. The first kappa shape index (κ1) is 21.0. The number of ether oxygens (including phenoxy) is 2. The maximum atomic E-state index is 10.3. The second kappa shape index (κ2) is 13.6. The zero-order valence-corrected chi connectivity index (χ0v) is 12.8. The lowest BCUT2D eigenvalue weighted by molar-refractivity contribution is -0.138. The van der Waals surface area contributed by atoms with Gasteiger partial charge in [0.1, 0.15) is 0 Å². The van der Waals surface area contributed by atoms with E-state index >= 15 is 0 Å². The van der Waals surface area contributed by atoms with Crippen LogP contribution in [0.1, 0.15) is 22.3 Å². The lowest BCUT2D eigenvalue weighted by Gasteiger charge is -2.02. The van der Waals surface area contributed by atoms with Gasteiger partial charge >= 0.3 is 11.9 Å². The molecule has 1 aromatic rings. The van der Waals surface area contributed by atoms with E-state index in [0.717, 1.165) is 5.56 Å². The van der Waals surface area contributed by atoms with E-state index in [1.807, 2.05) is 0 Å². The van der Waals surface area contributed by atoms with Crippen molar-refractivity contribution in [2.45, 2.75) is 13.0 Å². The fourth-order valence-corrected chi connectivity index (χ4v) is 1.32. The SMILES string of the molecule is NCCOCCOCCC(=O)O.O=C(O)c1ccc(CO)cc1. The molecule has 5 N–H and O–H groups in total. The van der Waals surface area contributed by atoms with E-state index in [1.165, 1.54) is 12.1 Å². The van der Waals surface area contributed by atoms with Gasteiger partial charge in [0.15, 0.2) is 0 Å². The maximum absolute atomic E-state index is 10.3. The van der Waals surface area contributed by atoms with Crippen molar-refractivity contribution >= 4 is 11.9 Å². The smallest absolute Gasteiger partial charge is 0.335 e. The van der Waals surface area contributed by atoms with Gasteiger partial charge < -0.3 is 30.5 Å². The summed E-state index contributed by atoms with van der Waals surface area (Å²) < 4.78 is 9.94. The standard InChI is InChI=1S/C8H8O3.C7H15NO4/c9-5-6-1-3-7(4-2-6)8(10)11;8-2-4-12-6-5-11-3-1-7(9)10/h1-4,9H,5H2,(H,10,11);1-6,8H2,(H,9,10). The van der Waals surface area contributed by atoms with Crippen molar-refractivity contribution in [3.05, 3.63) is 35.4 Å². The molecule has 0 saturated heterocycles. The molecule has 130 valence electrons. The first-order valence-electron chi connectivity index (χ1n) is 7.01. The van der Waals surface area contributed by atoms with Gasteiger partial charge in [-0.3, -0.25) is 4.79 Å². The van der Waals surface area contributed by atoms with Crippen LogP contribution in [0, 0.1) is 0 Å². The molecule has 0 heterocycles. The average Bonchev–Trinajstić information content (AvgIpc) is 2.54. The Morgan fingerprint density at radius 1 is 0.957 bits per heavy atom. The molecule has 8 heteroatoms. The molecule has 0 saturated carbocycles. The lowest BCUT2D eigenvalue weighted by atomic mass is 10.1. The summed E-state index contributed by atoms with van der Waals surface area (Å²) >= 11 is 0. The predicted molar refractivity (Wildman–Crippen MR) is 82.3 cm³/mol. The Kier molecular flexibility index (Phi) is 12.5. The summed E-state index contributed by atoms with van der Waals surface area (Å²) in [6.45, 7) is 2.09. The lowest BCUT2D eigenvalue weighted by Crippen LogP contribution is -2.13. The van der Waals surface area contributed by atoms with E-state index in [2.05, 4.69) is 0 Å². The molecule has 0 atom stereocenters. The van der Waals surface area contributed by atoms with Crippen LogP contribution in [-0.2, 0) is 20.9 Å². The van der Waals surface area contributed by atoms with Crippen LogP contribution in [-0.4, -0.2) is 60.2 Å². The quantitative estimate of drug-likeness (QED) is 0.450. The molecule has 23 heavy (non-hydrogen) atoms. The highest BCUT2D eigenvalue weighted by molar-refractivity contribution is 5.87. The van der Waals surface area contributed by atoms with Crippen molar-refractivity contribution in [3.63, 3.8) is 0 Å². The van der Waals surface area contributed by atoms with Crippen LogP contribution < -0.4 is 5.73 Å². The molecule has 1 rings (SSSR count). The number of aliphatic carboxylic acids is 1. The first-order chi connectivity index (χ1) is 11.0. The highest BCUT2D eigenvalue weighted by Gasteiger charge is 2.00. The molecule has 0 aliphatic heterocycles. The van der Waals surface area contributed by atoms with E-state index in [9.17, 15) is 9.59 Å². The minimum absolute atomic E-state index is 0.0386. The van der Waals surface area contributed by atoms with Crippen LogP contribution in [0.4, 0.5) is 0 Å². The van der Waals surface area contributed by atoms with Crippen LogP contribution in [0.15, 0.2) is 24.3 Å². The summed E-state index contributed by atoms with van der Waals surface area (Å²) in [7, 11) is 0. The van der Waals surface area contributed by atoms with Gasteiger partial charge in [-0.2, -0.15) is 0 Å². The normalized spacial score (nSPS) is 9.83. The van der Waals surface area contributed by atoms with Crippen LogP contribution in [0.2, 0.25) is 0 Å². The highest BCUT2D eigenvalue weighted by atomic mass is 16.5. The minimum atomic E-state index is -0.950.